The summed E-state index contributed by atoms with van der Waals surface area (Å²) in [5.74, 6) is -0.293. The van der Waals surface area contributed by atoms with E-state index in [1.165, 1.54) is 12.8 Å². The lowest BCUT2D eigenvalue weighted by molar-refractivity contribution is 0.363. The highest BCUT2D eigenvalue weighted by Crippen LogP contribution is 2.37. The highest BCUT2D eigenvalue weighted by atomic mass is 35.5. The van der Waals surface area contributed by atoms with Crippen molar-refractivity contribution in [3.63, 3.8) is 0 Å². The summed E-state index contributed by atoms with van der Waals surface area (Å²) in [7, 11) is 0. The average Bonchev–Trinajstić information content (AvgIpc) is 2.61. The molecule has 0 bridgehead atoms. The second-order valence-electron chi connectivity index (χ2n) is 5.70. The first-order valence-electron chi connectivity index (χ1n) is 6.14. The SMILES string of the molecule is CC1(C)CCC(NCc2cccc(Cl)c2F)C1. The van der Waals surface area contributed by atoms with Gasteiger partial charge in [-0.3, -0.25) is 0 Å². The molecule has 3 heteroatoms. The first-order valence-corrected chi connectivity index (χ1v) is 6.52. The highest BCUT2D eigenvalue weighted by molar-refractivity contribution is 6.30. The molecule has 1 aliphatic carbocycles. The maximum absolute atomic E-state index is 13.7. The van der Waals surface area contributed by atoms with E-state index in [2.05, 4.69) is 19.2 Å². The third-order valence-corrected chi connectivity index (χ3v) is 3.87. The molecule has 1 fully saturated rings. The molecule has 1 saturated carbocycles. The Morgan fingerprint density at radius 1 is 1.47 bits per heavy atom. The number of benzene rings is 1. The standard InChI is InChI=1S/C14H19ClFN/c1-14(2)7-6-11(8-14)17-9-10-4-3-5-12(15)13(10)16/h3-5,11,17H,6-9H2,1-2H3. The fourth-order valence-electron chi connectivity index (χ4n) is 2.55. The summed E-state index contributed by atoms with van der Waals surface area (Å²) >= 11 is 5.75. The summed E-state index contributed by atoms with van der Waals surface area (Å²) in [5.41, 5.74) is 1.08. The van der Waals surface area contributed by atoms with Crippen molar-refractivity contribution in [3.8, 4) is 0 Å². The van der Waals surface area contributed by atoms with Crippen molar-refractivity contribution < 1.29 is 4.39 Å². The van der Waals surface area contributed by atoms with Gasteiger partial charge >= 0.3 is 0 Å². The molecule has 0 aromatic heterocycles. The largest absolute Gasteiger partial charge is 0.310 e. The molecule has 1 aromatic carbocycles. The van der Waals surface area contributed by atoms with E-state index in [-0.39, 0.29) is 10.8 Å². The molecule has 1 N–H and O–H groups in total. The summed E-state index contributed by atoms with van der Waals surface area (Å²) in [6, 6.07) is 5.66. The number of hydrogen-bond donors (Lipinski definition) is 1. The van der Waals surface area contributed by atoms with Crippen molar-refractivity contribution >= 4 is 11.6 Å². The van der Waals surface area contributed by atoms with Gasteiger partial charge in [-0.25, -0.2) is 4.39 Å². The molecule has 94 valence electrons. The minimum atomic E-state index is -0.293. The third kappa shape index (κ3) is 3.20. The van der Waals surface area contributed by atoms with Gasteiger partial charge in [-0.1, -0.05) is 37.6 Å². The van der Waals surface area contributed by atoms with Gasteiger partial charge in [0, 0.05) is 18.2 Å². The van der Waals surface area contributed by atoms with Gasteiger partial charge in [0.25, 0.3) is 0 Å². The molecule has 0 aliphatic heterocycles. The Kier molecular flexibility index (Phi) is 3.74. The Morgan fingerprint density at radius 2 is 2.24 bits per heavy atom. The molecule has 0 saturated heterocycles. The lowest BCUT2D eigenvalue weighted by Crippen LogP contribution is -2.27. The van der Waals surface area contributed by atoms with Crippen LogP contribution in [0.3, 0.4) is 0 Å². The van der Waals surface area contributed by atoms with Crippen LogP contribution in [-0.4, -0.2) is 6.04 Å². The lowest BCUT2D eigenvalue weighted by atomic mass is 9.92. The monoisotopic (exact) mass is 255 g/mol. The van der Waals surface area contributed by atoms with E-state index >= 15 is 0 Å². The Balaban J connectivity index is 1.93. The number of rotatable bonds is 3. The van der Waals surface area contributed by atoms with Crippen LogP contribution in [0, 0.1) is 11.2 Å². The van der Waals surface area contributed by atoms with Gasteiger partial charge < -0.3 is 5.32 Å². The van der Waals surface area contributed by atoms with Gasteiger partial charge in [0.2, 0.25) is 0 Å². The Bertz CT molecular complexity index is 403. The van der Waals surface area contributed by atoms with Crippen LogP contribution in [0.25, 0.3) is 0 Å². The molecule has 2 rings (SSSR count). The van der Waals surface area contributed by atoms with Crippen LogP contribution in [0.4, 0.5) is 4.39 Å². The maximum atomic E-state index is 13.7. The molecule has 1 aliphatic rings. The molecule has 17 heavy (non-hydrogen) atoms. The van der Waals surface area contributed by atoms with Crippen LogP contribution >= 0.6 is 11.6 Å². The predicted octanol–water partition coefficient (Wildman–Crippen LogP) is 4.15. The molecule has 1 aromatic rings. The minimum Gasteiger partial charge on any atom is -0.310 e. The summed E-state index contributed by atoms with van der Waals surface area (Å²) in [4.78, 5) is 0. The van der Waals surface area contributed by atoms with Crippen molar-refractivity contribution in [2.24, 2.45) is 5.41 Å². The molecule has 0 heterocycles. The van der Waals surface area contributed by atoms with Crippen LogP contribution in [0.15, 0.2) is 18.2 Å². The van der Waals surface area contributed by atoms with E-state index in [0.717, 1.165) is 6.42 Å². The van der Waals surface area contributed by atoms with E-state index < -0.39 is 0 Å². The Morgan fingerprint density at radius 3 is 2.88 bits per heavy atom. The molecule has 0 spiro atoms. The second-order valence-corrected chi connectivity index (χ2v) is 6.10. The zero-order valence-corrected chi connectivity index (χ0v) is 11.1. The smallest absolute Gasteiger partial charge is 0.146 e. The number of hydrogen-bond acceptors (Lipinski definition) is 1. The molecule has 1 unspecified atom stereocenters. The van der Waals surface area contributed by atoms with Crippen molar-refractivity contribution in [1.29, 1.82) is 0 Å². The number of halogens is 2. The highest BCUT2D eigenvalue weighted by Gasteiger charge is 2.30. The third-order valence-electron chi connectivity index (χ3n) is 3.58. The summed E-state index contributed by atoms with van der Waals surface area (Å²) in [6.45, 7) is 5.14. The summed E-state index contributed by atoms with van der Waals surface area (Å²) in [6.07, 6.45) is 3.58. The minimum absolute atomic E-state index is 0.205. The molecule has 1 atom stereocenters. The zero-order valence-electron chi connectivity index (χ0n) is 10.4. The zero-order chi connectivity index (χ0) is 12.5. The Hall–Kier alpha value is -0.600. The summed E-state index contributed by atoms with van der Waals surface area (Å²) < 4.78 is 13.7. The van der Waals surface area contributed by atoms with Crippen molar-refractivity contribution in [1.82, 2.24) is 5.32 Å². The van der Waals surface area contributed by atoms with E-state index in [9.17, 15) is 4.39 Å². The van der Waals surface area contributed by atoms with Crippen LogP contribution in [-0.2, 0) is 6.54 Å². The van der Waals surface area contributed by atoms with Gasteiger partial charge in [0.15, 0.2) is 0 Å². The summed E-state index contributed by atoms with van der Waals surface area (Å²) in [5, 5.41) is 3.63. The van der Waals surface area contributed by atoms with Crippen LogP contribution < -0.4 is 5.32 Å². The van der Waals surface area contributed by atoms with Gasteiger partial charge in [-0.05, 0) is 30.7 Å². The first kappa shape index (κ1) is 12.8. The molecule has 1 nitrogen and oxygen atoms in total. The molecule has 0 amide bonds. The molecular weight excluding hydrogens is 237 g/mol. The molecule has 0 radical (unpaired) electrons. The van der Waals surface area contributed by atoms with Crippen LogP contribution in [0.1, 0.15) is 38.7 Å². The van der Waals surface area contributed by atoms with Crippen molar-refractivity contribution in [2.45, 2.75) is 45.7 Å². The Labute approximate surface area is 107 Å². The van der Waals surface area contributed by atoms with Gasteiger partial charge in [0.05, 0.1) is 5.02 Å². The normalized spacial score (nSPS) is 22.9. The van der Waals surface area contributed by atoms with Crippen molar-refractivity contribution in [3.05, 3.63) is 34.6 Å². The topological polar surface area (TPSA) is 12.0 Å². The fraction of sp³-hybridized carbons (Fsp3) is 0.571. The maximum Gasteiger partial charge on any atom is 0.146 e. The van der Waals surface area contributed by atoms with E-state index in [4.69, 9.17) is 11.6 Å². The van der Waals surface area contributed by atoms with Gasteiger partial charge in [-0.15, -0.1) is 0 Å². The van der Waals surface area contributed by atoms with E-state index in [1.54, 1.807) is 18.2 Å². The first-order chi connectivity index (χ1) is 7.98. The molecular formula is C14H19ClFN. The lowest BCUT2D eigenvalue weighted by Gasteiger charge is -2.18. The van der Waals surface area contributed by atoms with Crippen molar-refractivity contribution in [2.75, 3.05) is 0 Å². The van der Waals surface area contributed by atoms with Gasteiger partial charge in [-0.2, -0.15) is 0 Å². The van der Waals surface area contributed by atoms with E-state index in [0.29, 0.717) is 23.6 Å². The van der Waals surface area contributed by atoms with E-state index in [1.807, 2.05) is 0 Å². The quantitative estimate of drug-likeness (QED) is 0.856. The fourth-order valence-corrected chi connectivity index (χ4v) is 2.74. The number of nitrogens with one attached hydrogen (secondary N) is 1. The van der Waals surface area contributed by atoms with Crippen LogP contribution in [0.2, 0.25) is 5.02 Å². The second kappa shape index (κ2) is 4.95. The van der Waals surface area contributed by atoms with Gasteiger partial charge in [0.1, 0.15) is 5.82 Å². The van der Waals surface area contributed by atoms with Crippen LogP contribution in [0.5, 0.6) is 0 Å². The average molecular weight is 256 g/mol. The predicted molar refractivity (Wildman–Crippen MR) is 69.7 cm³/mol.